The number of hydrogen-bond donors (Lipinski definition) is 1. The van der Waals surface area contributed by atoms with E-state index in [4.69, 9.17) is 0 Å². The third kappa shape index (κ3) is 2.07. The number of aliphatic imine (C=N–C) groups is 1. The highest BCUT2D eigenvalue weighted by Crippen LogP contribution is 2.25. The number of para-hydroxylation sites is 1. The van der Waals surface area contributed by atoms with Crippen molar-refractivity contribution in [1.82, 2.24) is 0 Å². The zero-order valence-electron chi connectivity index (χ0n) is 8.74. The van der Waals surface area contributed by atoms with Gasteiger partial charge >= 0.3 is 0 Å². The van der Waals surface area contributed by atoms with Crippen LogP contribution in [0.25, 0.3) is 0 Å². The van der Waals surface area contributed by atoms with Gasteiger partial charge in [-0.3, -0.25) is 0 Å². The minimum atomic E-state index is -3.27. The number of β-amino-alcohol motifs (C(OH)–C–C–N with tert-alkyl or cyclic N) is 1. The maximum atomic E-state index is 11.6. The van der Waals surface area contributed by atoms with Crippen LogP contribution in [0.3, 0.4) is 0 Å². The van der Waals surface area contributed by atoms with Crippen LogP contribution in [0.4, 0.5) is 5.69 Å². The molecule has 0 aliphatic carbocycles. The van der Waals surface area contributed by atoms with Gasteiger partial charge in [-0.1, -0.05) is 12.1 Å². The lowest BCUT2D eigenvalue weighted by Crippen LogP contribution is -2.24. The van der Waals surface area contributed by atoms with E-state index < -0.39 is 16.1 Å². The maximum absolute atomic E-state index is 11.6. The summed E-state index contributed by atoms with van der Waals surface area (Å²) in [6.45, 7) is 0.284. The molecule has 0 bridgehead atoms. The Bertz CT molecular complexity index is 525. The highest BCUT2D eigenvalue weighted by Gasteiger charge is 2.21. The maximum Gasteiger partial charge on any atom is 0.177 e. The quantitative estimate of drug-likeness (QED) is 0.805. The van der Waals surface area contributed by atoms with Gasteiger partial charge in [-0.15, -0.1) is 0 Å². The molecule has 1 N–H and O–H groups in total. The molecule has 1 aliphatic rings. The molecule has 0 aromatic heterocycles. The van der Waals surface area contributed by atoms with E-state index in [1.54, 1.807) is 29.2 Å². The van der Waals surface area contributed by atoms with Gasteiger partial charge in [-0.25, -0.2) is 13.4 Å². The third-order valence-electron chi connectivity index (χ3n) is 2.31. The molecule has 0 saturated carbocycles. The van der Waals surface area contributed by atoms with Gasteiger partial charge in [0.15, 0.2) is 16.1 Å². The number of nitrogens with zero attached hydrogens (tertiary/aromatic N) is 2. The van der Waals surface area contributed by atoms with E-state index >= 15 is 0 Å². The first-order valence-corrected chi connectivity index (χ1v) is 6.65. The van der Waals surface area contributed by atoms with Gasteiger partial charge in [-0.2, -0.15) is 0 Å². The van der Waals surface area contributed by atoms with Crippen LogP contribution in [-0.4, -0.2) is 38.9 Å². The standard InChI is InChI=1S/C10H12N2O3S/c1-16(14,15)9-5-3-2-4-8(9)12-6-10(13)11-7-12/h2-5,7,10,13H,6H2,1H3. The average molecular weight is 240 g/mol. The Labute approximate surface area is 94.0 Å². The fourth-order valence-electron chi connectivity index (χ4n) is 1.60. The summed E-state index contributed by atoms with van der Waals surface area (Å²) in [6.07, 6.45) is 1.83. The Hall–Kier alpha value is -1.40. The van der Waals surface area contributed by atoms with E-state index in [0.29, 0.717) is 5.69 Å². The van der Waals surface area contributed by atoms with Gasteiger partial charge < -0.3 is 10.0 Å². The minimum Gasteiger partial charge on any atom is -0.370 e. The molecule has 1 aromatic carbocycles. The Balaban J connectivity index is 2.46. The molecule has 0 amide bonds. The number of sulfone groups is 1. The molecular weight excluding hydrogens is 228 g/mol. The highest BCUT2D eigenvalue weighted by molar-refractivity contribution is 7.90. The summed E-state index contributed by atoms with van der Waals surface area (Å²) in [7, 11) is -3.27. The largest absolute Gasteiger partial charge is 0.370 e. The summed E-state index contributed by atoms with van der Waals surface area (Å²) in [5.41, 5.74) is 0.547. The topological polar surface area (TPSA) is 70.0 Å². The molecule has 0 radical (unpaired) electrons. The summed E-state index contributed by atoms with van der Waals surface area (Å²) in [5.74, 6) is 0. The first kappa shape index (κ1) is 11.1. The van der Waals surface area contributed by atoms with Gasteiger partial charge in [0.2, 0.25) is 0 Å². The summed E-state index contributed by atoms with van der Waals surface area (Å²) in [4.78, 5) is 5.65. The molecule has 86 valence electrons. The second-order valence-electron chi connectivity index (χ2n) is 3.64. The van der Waals surface area contributed by atoms with Crippen molar-refractivity contribution in [3.05, 3.63) is 24.3 Å². The summed E-state index contributed by atoms with van der Waals surface area (Å²) >= 11 is 0. The predicted molar refractivity (Wildman–Crippen MR) is 61.4 cm³/mol. The molecule has 0 fully saturated rings. The van der Waals surface area contributed by atoms with Crippen LogP contribution in [0.1, 0.15) is 0 Å². The lowest BCUT2D eigenvalue weighted by atomic mass is 10.3. The molecular formula is C10H12N2O3S. The van der Waals surface area contributed by atoms with Gasteiger partial charge in [0.25, 0.3) is 0 Å². The number of benzene rings is 1. The van der Waals surface area contributed by atoms with Crippen molar-refractivity contribution >= 4 is 21.9 Å². The van der Waals surface area contributed by atoms with Crippen LogP contribution in [0.5, 0.6) is 0 Å². The Morgan fingerprint density at radius 1 is 1.44 bits per heavy atom. The van der Waals surface area contributed by atoms with Crippen LogP contribution in [0.2, 0.25) is 0 Å². The lowest BCUT2D eigenvalue weighted by molar-refractivity contribution is 0.202. The second-order valence-corrected chi connectivity index (χ2v) is 5.62. The van der Waals surface area contributed by atoms with Gasteiger partial charge in [0, 0.05) is 6.26 Å². The van der Waals surface area contributed by atoms with Crippen LogP contribution >= 0.6 is 0 Å². The zero-order valence-corrected chi connectivity index (χ0v) is 9.55. The van der Waals surface area contributed by atoms with E-state index in [1.165, 1.54) is 6.34 Å². The first-order valence-electron chi connectivity index (χ1n) is 4.75. The van der Waals surface area contributed by atoms with Crippen LogP contribution in [-0.2, 0) is 9.84 Å². The minimum absolute atomic E-state index is 0.246. The average Bonchev–Trinajstić information content (AvgIpc) is 2.64. The third-order valence-corrected chi connectivity index (χ3v) is 3.46. The van der Waals surface area contributed by atoms with Crippen molar-refractivity contribution in [2.24, 2.45) is 4.99 Å². The summed E-state index contributed by atoms with van der Waals surface area (Å²) in [6, 6.07) is 6.66. The SMILES string of the molecule is CS(=O)(=O)c1ccccc1N1C=NC(O)C1. The molecule has 16 heavy (non-hydrogen) atoms. The normalized spacial score (nSPS) is 20.4. The van der Waals surface area contributed by atoms with E-state index in [1.807, 2.05) is 0 Å². The van der Waals surface area contributed by atoms with E-state index in [2.05, 4.69) is 4.99 Å². The molecule has 6 heteroatoms. The first-order chi connectivity index (χ1) is 7.48. The van der Waals surface area contributed by atoms with Crippen molar-refractivity contribution in [2.45, 2.75) is 11.1 Å². The van der Waals surface area contributed by atoms with Gasteiger partial charge in [0.1, 0.15) is 0 Å². The molecule has 0 saturated heterocycles. The highest BCUT2D eigenvalue weighted by atomic mass is 32.2. The van der Waals surface area contributed by atoms with Gasteiger partial charge in [-0.05, 0) is 12.1 Å². The van der Waals surface area contributed by atoms with Crippen molar-refractivity contribution in [3.8, 4) is 0 Å². The van der Waals surface area contributed by atoms with Crippen molar-refractivity contribution in [1.29, 1.82) is 0 Å². The Morgan fingerprint density at radius 3 is 2.69 bits per heavy atom. The fraction of sp³-hybridized carbons (Fsp3) is 0.300. The monoisotopic (exact) mass is 240 g/mol. The zero-order chi connectivity index (χ0) is 11.8. The predicted octanol–water partition coefficient (Wildman–Crippen LogP) is 0.257. The van der Waals surface area contributed by atoms with E-state index in [-0.39, 0.29) is 11.4 Å². The number of aliphatic hydroxyl groups is 1. The summed E-state index contributed by atoms with van der Waals surface area (Å²) < 4.78 is 23.1. The molecule has 0 spiro atoms. The number of anilines is 1. The van der Waals surface area contributed by atoms with Gasteiger partial charge in [0.05, 0.1) is 23.5 Å². The molecule has 1 aliphatic heterocycles. The molecule has 1 aromatic rings. The van der Waals surface area contributed by atoms with Crippen LogP contribution in [0.15, 0.2) is 34.2 Å². The van der Waals surface area contributed by atoms with E-state index in [9.17, 15) is 13.5 Å². The number of rotatable bonds is 2. The molecule has 1 atom stereocenters. The van der Waals surface area contributed by atoms with Crippen LogP contribution < -0.4 is 4.90 Å². The van der Waals surface area contributed by atoms with Crippen molar-refractivity contribution in [2.75, 3.05) is 17.7 Å². The smallest absolute Gasteiger partial charge is 0.177 e. The van der Waals surface area contributed by atoms with Crippen molar-refractivity contribution in [3.63, 3.8) is 0 Å². The Morgan fingerprint density at radius 2 is 2.12 bits per heavy atom. The lowest BCUT2D eigenvalue weighted by Gasteiger charge is -2.17. The number of hydrogen-bond acceptors (Lipinski definition) is 5. The number of aliphatic hydroxyl groups excluding tert-OH is 1. The molecule has 1 unspecified atom stereocenters. The summed E-state index contributed by atoms with van der Waals surface area (Å²) in [5, 5.41) is 9.27. The fourth-order valence-corrected chi connectivity index (χ4v) is 2.49. The molecule has 2 rings (SSSR count). The van der Waals surface area contributed by atoms with Crippen LogP contribution in [0, 0.1) is 0 Å². The Kier molecular flexibility index (Phi) is 2.69. The van der Waals surface area contributed by atoms with Crippen molar-refractivity contribution < 1.29 is 13.5 Å². The second kappa shape index (κ2) is 3.88. The molecule has 1 heterocycles. The molecule has 5 nitrogen and oxygen atoms in total. The van der Waals surface area contributed by atoms with E-state index in [0.717, 1.165) is 6.26 Å².